The van der Waals surface area contributed by atoms with E-state index in [1.54, 1.807) is 0 Å². The molecule has 3 N–H and O–H groups in total. The summed E-state index contributed by atoms with van der Waals surface area (Å²) >= 11 is 3.23. The number of aliphatic carboxylic acids is 1. The smallest absolute Gasteiger partial charge is 0.333 e. The fraction of sp³-hybridized carbons (Fsp3) is 0.150. The molecular formula is C20H16BrFN2O5. The predicted molar refractivity (Wildman–Crippen MR) is 106 cm³/mol. The SMILES string of the molecule is COc1cc(C(N)=O)c(Br)cc1N1C=C(C(=O)O)C(c2ccc(F)cc2)CC1=O. The molecule has 1 atom stereocenters. The Morgan fingerprint density at radius 3 is 2.48 bits per heavy atom. The fourth-order valence-electron chi connectivity index (χ4n) is 3.17. The maximum atomic E-state index is 13.2. The van der Waals surface area contributed by atoms with Gasteiger partial charge >= 0.3 is 5.97 Å². The van der Waals surface area contributed by atoms with Crippen molar-refractivity contribution in [2.24, 2.45) is 5.73 Å². The molecule has 0 fully saturated rings. The van der Waals surface area contributed by atoms with Crippen LogP contribution in [0.25, 0.3) is 0 Å². The van der Waals surface area contributed by atoms with Crippen LogP contribution in [0.5, 0.6) is 5.75 Å². The van der Waals surface area contributed by atoms with E-state index in [-0.39, 0.29) is 34.9 Å². The molecule has 0 saturated heterocycles. The van der Waals surface area contributed by atoms with Gasteiger partial charge < -0.3 is 15.6 Å². The minimum atomic E-state index is -1.20. The Labute approximate surface area is 173 Å². The van der Waals surface area contributed by atoms with Crippen LogP contribution in [0.15, 0.2) is 52.6 Å². The quantitative estimate of drug-likeness (QED) is 0.708. The number of carboxylic acid groups (broad SMARTS) is 1. The van der Waals surface area contributed by atoms with E-state index in [0.717, 1.165) is 4.90 Å². The number of carbonyl (C=O) groups excluding carboxylic acids is 2. The monoisotopic (exact) mass is 462 g/mol. The molecule has 150 valence electrons. The van der Waals surface area contributed by atoms with Crippen LogP contribution in [-0.2, 0) is 9.59 Å². The zero-order chi connectivity index (χ0) is 21.3. The first-order valence-corrected chi connectivity index (χ1v) is 9.22. The Kier molecular flexibility index (Phi) is 5.69. The molecule has 0 aromatic heterocycles. The van der Waals surface area contributed by atoms with Gasteiger partial charge in [0.05, 0.1) is 23.9 Å². The van der Waals surface area contributed by atoms with Crippen molar-refractivity contribution in [2.75, 3.05) is 12.0 Å². The van der Waals surface area contributed by atoms with Crippen LogP contribution in [0, 0.1) is 5.82 Å². The molecule has 29 heavy (non-hydrogen) atoms. The average molecular weight is 463 g/mol. The molecule has 0 spiro atoms. The van der Waals surface area contributed by atoms with E-state index >= 15 is 0 Å². The second-order valence-electron chi connectivity index (χ2n) is 6.33. The Hall–Kier alpha value is -3.20. The lowest BCUT2D eigenvalue weighted by atomic mass is 9.86. The zero-order valence-corrected chi connectivity index (χ0v) is 16.8. The number of methoxy groups -OCH3 is 1. The number of primary amides is 1. The minimum Gasteiger partial charge on any atom is -0.495 e. The van der Waals surface area contributed by atoms with Crippen LogP contribution in [0.4, 0.5) is 10.1 Å². The number of benzene rings is 2. The van der Waals surface area contributed by atoms with E-state index in [4.69, 9.17) is 10.5 Å². The molecule has 1 heterocycles. The number of nitrogens with zero attached hydrogens (tertiary/aromatic N) is 1. The van der Waals surface area contributed by atoms with Crippen molar-refractivity contribution in [1.82, 2.24) is 0 Å². The van der Waals surface area contributed by atoms with Crippen molar-refractivity contribution < 1.29 is 28.6 Å². The van der Waals surface area contributed by atoms with Crippen LogP contribution in [-0.4, -0.2) is 30.0 Å². The molecule has 0 saturated carbocycles. The Bertz CT molecular complexity index is 1040. The number of carbonyl (C=O) groups is 3. The van der Waals surface area contributed by atoms with E-state index in [2.05, 4.69) is 15.9 Å². The van der Waals surface area contributed by atoms with Crippen LogP contribution in [0.2, 0.25) is 0 Å². The summed E-state index contributed by atoms with van der Waals surface area (Å²) in [5, 5.41) is 9.69. The molecule has 0 bridgehead atoms. The van der Waals surface area contributed by atoms with Gasteiger partial charge in [0.2, 0.25) is 11.8 Å². The lowest BCUT2D eigenvalue weighted by molar-refractivity contribution is -0.133. The van der Waals surface area contributed by atoms with Crippen LogP contribution in [0.1, 0.15) is 28.3 Å². The van der Waals surface area contributed by atoms with Crippen molar-refractivity contribution in [2.45, 2.75) is 12.3 Å². The molecule has 1 unspecified atom stereocenters. The highest BCUT2D eigenvalue weighted by atomic mass is 79.9. The summed E-state index contributed by atoms with van der Waals surface area (Å²) < 4.78 is 18.8. The van der Waals surface area contributed by atoms with Crippen molar-refractivity contribution in [3.05, 3.63) is 69.6 Å². The van der Waals surface area contributed by atoms with E-state index in [9.17, 15) is 23.9 Å². The van der Waals surface area contributed by atoms with Gasteiger partial charge in [-0.2, -0.15) is 0 Å². The summed E-state index contributed by atoms with van der Waals surface area (Å²) in [4.78, 5) is 37.4. The number of amides is 2. The highest BCUT2D eigenvalue weighted by molar-refractivity contribution is 9.10. The van der Waals surface area contributed by atoms with Crippen LogP contribution < -0.4 is 15.4 Å². The largest absolute Gasteiger partial charge is 0.495 e. The number of nitrogens with two attached hydrogens (primary N) is 1. The highest BCUT2D eigenvalue weighted by Gasteiger charge is 2.34. The molecule has 0 radical (unpaired) electrons. The van der Waals surface area contributed by atoms with Crippen LogP contribution in [0.3, 0.4) is 0 Å². The van der Waals surface area contributed by atoms with Gasteiger partial charge in [0.1, 0.15) is 11.6 Å². The third kappa shape index (κ3) is 4.00. The molecule has 2 aromatic rings. The first-order valence-electron chi connectivity index (χ1n) is 8.42. The van der Waals surface area contributed by atoms with Gasteiger partial charge in [-0.15, -0.1) is 0 Å². The van der Waals surface area contributed by atoms with Gasteiger partial charge in [-0.3, -0.25) is 14.5 Å². The van der Waals surface area contributed by atoms with Crippen molar-refractivity contribution in [3.63, 3.8) is 0 Å². The molecule has 0 aliphatic carbocycles. The standard InChI is InChI=1S/C20H16BrFN2O5/c1-29-17-6-13(19(23)26)15(21)8-16(17)24-9-14(20(27)28)12(7-18(24)25)10-2-4-11(22)5-3-10/h2-6,8-9,12H,7H2,1H3,(H2,23,26)(H,27,28). The molecule has 3 rings (SSSR count). The summed E-state index contributed by atoms with van der Waals surface area (Å²) in [7, 11) is 1.36. The second-order valence-corrected chi connectivity index (χ2v) is 7.18. The summed E-state index contributed by atoms with van der Waals surface area (Å²) in [6, 6.07) is 8.18. The van der Waals surface area contributed by atoms with Gasteiger partial charge in [-0.1, -0.05) is 12.1 Å². The van der Waals surface area contributed by atoms with Crippen molar-refractivity contribution in [3.8, 4) is 5.75 Å². The number of anilines is 1. The lowest BCUT2D eigenvalue weighted by Crippen LogP contribution is -2.34. The van der Waals surface area contributed by atoms with Crippen molar-refractivity contribution >= 4 is 39.4 Å². The highest BCUT2D eigenvalue weighted by Crippen LogP contribution is 2.40. The van der Waals surface area contributed by atoms with Gasteiger partial charge in [0, 0.05) is 23.0 Å². The number of carboxylic acids is 1. The number of rotatable bonds is 5. The molecule has 2 aromatic carbocycles. The first kappa shape index (κ1) is 20.5. The topological polar surface area (TPSA) is 110 Å². The number of hydrogen-bond acceptors (Lipinski definition) is 4. The molecule has 2 amide bonds. The molecule has 7 nitrogen and oxygen atoms in total. The Balaban J connectivity index is 2.11. The number of hydrogen-bond donors (Lipinski definition) is 2. The number of halogens is 2. The third-order valence-electron chi connectivity index (χ3n) is 4.60. The van der Waals surface area contributed by atoms with Gasteiger partial charge in [0.25, 0.3) is 0 Å². The maximum absolute atomic E-state index is 13.2. The summed E-state index contributed by atoms with van der Waals surface area (Å²) in [5.41, 5.74) is 6.22. The van der Waals surface area contributed by atoms with Crippen LogP contribution >= 0.6 is 15.9 Å². The second kappa shape index (κ2) is 8.04. The third-order valence-corrected chi connectivity index (χ3v) is 5.26. The average Bonchev–Trinajstić information content (AvgIpc) is 2.67. The zero-order valence-electron chi connectivity index (χ0n) is 15.2. The molecule has 1 aliphatic heterocycles. The Morgan fingerprint density at radius 2 is 1.93 bits per heavy atom. The maximum Gasteiger partial charge on any atom is 0.333 e. The first-order chi connectivity index (χ1) is 13.7. The predicted octanol–water partition coefficient (Wildman–Crippen LogP) is 3.18. The van der Waals surface area contributed by atoms with Crippen molar-refractivity contribution in [1.29, 1.82) is 0 Å². The summed E-state index contributed by atoms with van der Waals surface area (Å²) in [6.07, 6.45) is 1.08. The van der Waals surface area contributed by atoms with Gasteiger partial charge in [0.15, 0.2) is 0 Å². The fourth-order valence-corrected chi connectivity index (χ4v) is 3.69. The normalized spacial score (nSPS) is 16.4. The minimum absolute atomic E-state index is 0.0339. The number of ether oxygens (including phenoxy) is 1. The van der Waals surface area contributed by atoms with E-state index in [0.29, 0.717) is 10.0 Å². The Morgan fingerprint density at radius 1 is 1.28 bits per heavy atom. The van der Waals surface area contributed by atoms with E-state index in [1.165, 1.54) is 49.7 Å². The lowest BCUT2D eigenvalue weighted by Gasteiger charge is -2.30. The summed E-state index contributed by atoms with van der Waals surface area (Å²) in [5.74, 6) is -3.29. The molecule has 9 heteroatoms. The van der Waals surface area contributed by atoms with Gasteiger partial charge in [-0.05, 0) is 45.8 Å². The van der Waals surface area contributed by atoms with E-state index in [1.807, 2.05) is 0 Å². The van der Waals surface area contributed by atoms with E-state index < -0.39 is 23.6 Å². The molecule has 1 aliphatic rings. The summed E-state index contributed by atoms with van der Waals surface area (Å²) in [6.45, 7) is 0. The van der Waals surface area contributed by atoms with Gasteiger partial charge in [-0.25, -0.2) is 9.18 Å². The molecular weight excluding hydrogens is 447 g/mol.